The number of rotatable bonds is 2. The zero-order valence-electron chi connectivity index (χ0n) is 10.2. The van der Waals surface area contributed by atoms with Crippen LogP contribution in [-0.2, 0) is 4.74 Å². The van der Waals surface area contributed by atoms with Crippen LogP contribution in [0.15, 0.2) is 42.5 Å². The lowest BCUT2D eigenvalue weighted by Crippen LogP contribution is -2.00. The van der Waals surface area contributed by atoms with E-state index < -0.39 is 0 Å². The molecule has 0 fully saturated rings. The third kappa shape index (κ3) is 2.75. The summed E-state index contributed by atoms with van der Waals surface area (Å²) in [5.74, 6) is -0.387. The Hall–Kier alpha value is -2.31. The molecule has 2 rings (SSSR count). The molecule has 0 unspecified atom stereocenters. The third-order valence-electron chi connectivity index (χ3n) is 2.71. The summed E-state index contributed by atoms with van der Waals surface area (Å²) in [6, 6.07) is 14.2. The maximum Gasteiger partial charge on any atom is 0.337 e. The van der Waals surface area contributed by atoms with Crippen molar-refractivity contribution in [2.75, 3.05) is 7.11 Å². The van der Waals surface area contributed by atoms with Gasteiger partial charge in [0.05, 0.1) is 23.3 Å². The van der Waals surface area contributed by atoms with Crippen molar-refractivity contribution in [1.82, 2.24) is 0 Å². The van der Waals surface area contributed by atoms with Gasteiger partial charge in [-0.3, -0.25) is 0 Å². The predicted molar refractivity (Wildman–Crippen MR) is 72.9 cm³/mol. The van der Waals surface area contributed by atoms with Crippen molar-refractivity contribution >= 4 is 17.6 Å². The number of carbonyl (C=O) groups excluding carboxylic acids is 1. The molecule has 2 aromatic rings. The van der Waals surface area contributed by atoms with Gasteiger partial charge in [-0.05, 0) is 35.4 Å². The number of hydrogen-bond acceptors (Lipinski definition) is 3. The van der Waals surface area contributed by atoms with Gasteiger partial charge >= 0.3 is 5.97 Å². The predicted octanol–water partition coefficient (Wildman–Crippen LogP) is 3.67. The number of carbonyl (C=O) groups is 1. The summed E-state index contributed by atoms with van der Waals surface area (Å²) >= 11 is 5.99. The van der Waals surface area contributed by atoms with Crippen LogP contribution in [0.25, 0.3) is 11.1 Å². The summed E-state index contributed by atoms with van der Waals surface area (Å²) in [4.78, 5) is 11.5. The topological polar surface area (TPSA) is 50.1 Å². The summed E-state index contributed by atoms with van der Waals surface area (Å²) in [6.07, 6.45) is 0. The molecule has 4 heteroatoms. The van der Waals surface area contributed by atoms with E-state index in [0.29, 0.717) is 16.1 Å². The first-order chi connectivity index (χ1) is 9.15. The first-order valence-corrected chi connectivity index (χ1v) is 5.92. The monoisotopic (exact) mass is 271 g/mol. The summed E-state index contributed by atoms with van der Waals surface area (Å²) in [6.45, 7) is 0. The third-order valence-corrected chi connectivity index (χ3v) is 3.02. The van der Waals surface area contributed by atoms with E-state index in [4.69, 9.17) is 16.9 Å². The van der Waals surface area contributed by atoms with E-state index in [2.05, 4.69) is 4.74 Å². The Morgan fingerprint density at radius 1 is 1.21 bits per heavy atom. The molecule has 0 aliphatic rings. The maximum atomic E-state index is 11.5. The fourth-order valence-electron chi connectivity index (χ4n) is 1.73. The summed E-state index contributed by atoms with van der Waals surface area (Å²) < 4.78 is 4.68. The van der Waals surface area contributed by atoms with Crippen LogP contribution in [-0.4, -0.2) is 13.1 Å². The van der Waals surface area contributed by atoms with Gasteiger partial charge in [0.2, 0.25) is 0 Å². The molecule has 0 saturated carbocycles. The van der Waals surface area contributed by atoms with Crippen LogP contribution in [0.5, 0.6) is 0 Å². The molecular weight excluding hydrogens is 262 g/mol. The standard InChI is InChI=1S/C15H10ClNO2/c1-19-15(18)12-4-2-3-10(7-12)11-5-6-13(9-17)14(16)8-11/h2-8H,1H3. The smallest absolute Gasteiger partial charge is 0.337 e. The molecule has 2 aromatic carbocycles. The van der Waals surface area contributed by atoms with Crippen LogP contribution in [0.1, 0.15) is 15.9 Å². The molecule has 0 heterocycles. The average Bonchev–Trinajstić information content (AvgIpc) is 2.46. The van der Waals surface area contributed by atoms with E-state index in [1.165, 1.54) is 7.11 Å². The second-order valence-electron chi connectivity index (χ2n) is 3.88. The van der Waals surface area contributed by atoms with E-state index in [-0.39, 0.29) is 5.97 Å². The molecule has 0 N–H and O–H groups in total. The van der Waals surface area contributed by atoms with Gasteiger partial charge in [-0.1, -0.05) is 29.8 Å². The zero-order valence-corrected chi connectivity index (χ0v) is 10.9. The summed E-state index contributed by atoms with van der Waals surface area (Å²) in [5, 5.41) is 9.23. The summed E-state index contributed by atoms with van der Waals surface area (Å²) in [7, 11) is 1.34. The van der Waals surface area contributed by atoms with Crippen LogP contribution in [0, 0.1) is 11.3 Å². The Morgan fingerprint density at radius 2 is 1.95 bits per heavy atom. The van der Waals surface area contributed by atoms with E-state index >= 15 is 0 Å². The lowest BCUT2D eigenvalue weighted by Gasteiger charge is -2.05. The second-order valence-corrected chi connectivity index (χ2v) is 4.29. The quantitative estimate of drug-likeness (QED) is 0.783. The maximum absolute atomic E-state index is 11.5. The van der Waals surface area contributed by atoms with E-state index in [1.54, 1.807) is 36.4 Å². The van der Waals surface area contributed by atoms with Crippen LogP contribution >= 0.6 is 11.6 Å². The highest BCUT2D eigenvalue weighted by Crippen LogP contribution is 2.26. The lowest BCUT2D eigenvalue weighted by molar-refractivity contribution is 0.0601. The minimum atomic E-state index is -0.387. The van der Waals surface area contributed by atoms with Gasteiger partial charge in [0, 0.05) is 0 Å². The molecule has 0 spiro atoms. The first kappa shape index (κ1) is 13.1. The first-order valence-electron chi connectivity index (χ1n) is 5.54. The zero-order chi connectivity index (χ0) is 13.8. The Morgan fingerprint density at radius 3 is 2.58 bits per heavy atom. The van der Waals surface area contributed by atoms with Gasteiger partial charge in [0.25, 0.3) is 0 Å². The number of nitrogens with zero attached hydrogens (tertiary/aromatic N) is 1. The molecule has 0 aromatic heterocycles. The highest BCUT2D eigenvalue weighted by Gasteiger charge is 2.08. The Kier molecular flexibility index (Phi) is 3.84. The molecule has 0 aliphatic heterocycles. The number of esters is 1. The van der Waals surface area contributed by atoms with Crippen molar-refractivity contribution in [2.24, 2.45) is 0 Å². The van der Waals surface area contributed by atoms with Crippen molar-refractivity contribution in [3.05, 3.63) is 58.6 Å². The van der Waals surface area contributed by atoms with Crippen molar-refractivity contribution in [3.63, 3.8) is 0 Å². The second kappa shape index (κ2) is 5.55. The van der Waals surface area contributed by atoms with Gasteiger partial charge in [-0.15, -0.1) is 0 Å². The number of hydrogen-bond donors (Lipinski definition) is 0. The van der Waals surface area contributed by atoms with Crippen LogP contribution in [0.3, 0.4) is 0 Å². The highest BCUT2D eigenvalue weighted by molar-refractivity contribution is 6.32. The largest absolute Gasteiger partial charge is 0.465 e. The fourth-order valence-corrected chi connectivity index (χ4v) is 1.95. The normalized spacial score (nSPS) is 9.74. The molecule has 0 amide bonds. The van der Waals surface area contributed by atoms with Crippen LogP contribution in [0.4, 0.5) is 0 Å². The van der Waals surface area contributed by atoms with Gasteiger partial charge in [0.15, 0.2) is 0 Å². The van der Waals surface area contributed by atoms with Gasteiger partial charge in [-0.25, -0.2) is 4.79 Å². The van der Waals surface area contributed by atoms with E-state index in [1.807, 2.05) is 12.1 Å². The van der Waals surface area contributed by atoms with Crippen molar-refractivity contribution in [3.8, 4) is 17.2 Å². The van der Waals surface area contributed by atoms with Gasteiger partial charge in [0.1, 0.15) is 6.07 Å². The number of benzene rings is 2. The molecule has 94 valence electrons. The molecule has 0 bridgehead atoms. The van der Waals surface area contributed by atoms with Crippen molar-refractivity contribution in [2.45, 2.75) is 0 Å². The number of methoxy groups -OCH3 is 1. The molecular formula is C15H10ClNO2. The van der Waals surface area contributed by atoms with Gasteiger partial charge < -0.3 is 4.74 Å². The fraction of sp³-hybridized carbons (Fsp3) is 0.0667. The molecule has 0 saturated heterocycles. The van der Waals surface area contributed by atoms with Crippen molar-refractivity contribution in [1.29, 1.82) is 5.26 Å². The molecule has 0 radical (unpaired) electrons. The van der Waals surface area contributed by atoms with Crippen molar-refractivity contribution < 1.29 is 9.53 Å². The Balaban J connectivity index is 2.45. The molecule has 0 atom stereocenters. The Bertz CT molecular complexity index is 674. The number of halogens is 1. The van der Waals surface area contributed by atoms with Crippen LogP contribution in [0.2, 0.25) is 5.02 Å². The molecule has 0 aliphatic carbocycles. The average molecular weight is 272 g/mol. The number of ether oxygens (including phenoxy) is 1. The van der Waals surface area contributed by atoms with E-state index in [0.717, 1.165) is 11.1 Å². The highest BCUT2D eigenvalue weighted by atomic mass is 35.5. The minimum Gasteiger partial charge on any atom is -0.465 e. The molecule has 19 heavy (non-hydrogen) atoms. The summed E-state index contributed by atoms with van der Waals surface area (Å²) in [5.41, 5.74) is 2.58. The van der Waals surface area contributed by atoms with Crippen LogP contribution < -0.4 is 0 Å². The molecule has 3 nitrogen and oxygen atoms in total. The number of nitriles is 1. The SMILES string of the molecule is COC(=O)c1cccc(-c2ccc(C#N)c(Cl)c2)c1. The minimum absolute atomic E-state index is 0.387. The Labute approximate surface area is 116 Å². The van der Waals surface area contributed by atoms with Gasteiger partial charge in [-0.2, -0.15) is 5.26 Å². The lowest BCUT2D eigenvalue weighted by atomic mass is 10.0. The van der Waals surface area contributed by atoms with E-state index in [9.17, 15) is 4.79 Å².